The van der Waals surface area contributed by atoms with Crippen LogP contribution < -0.4 is 26.6 Å². The van der Waals surface area contributed by atoms with Gasteiger partial charge in [-0.3, -0.25) is 28.8 Å². The molecule has 1 saturated carbocycles. The van der Waals surface area contributed by atoms with Crippen LogP contribution in [-0.4, -0.2) is 103 Å². The number of nitrogens with zero attached hydrogens (tertiary/aromatic N) is 2. The first-order valence-electron chi connectivity index (χ1n) is 17.8. The molecule has 1 aromatic rings. The van der Waals surface area contributed by atoms with E-state index >= 15 is 0 Å². The minimum Gasteiger partial charge on any atom is -0.347 e. The molecule has 0 bridgehead atoms. The van der Waals surface area contributed by atoms with Gasteiger partial charge in [0.1, 0.15) is 18.1 Å². The van der Waals surface area contributed by atoms with E-state index in [2.05, 4.69) is 26.6 Å². The van der Waals surface area contributed by atoms with Crippen molar-refractivity contribution >= 4 is 41.4 Å². The molecule has 0 spiro atoms. The number of benzene rings is 1. The molecule has 2 aliphatic rings. The molecule has 7 amide bonds. The number of hydrogen-bond donors (Lipinski definition) is 5. The van der Waals surface area contributed by atoms with Crippen LogP contribution in [0.3, 0.4) is 0 Å². The van der Waals surface area contributed by atoms with Gasteiger partial charge in [0.25, 0.3) is 5.91 Å². The summed E-state index contributed by atoms with van der Waals surface area (Å²) >= 11 is 0. The zero-order valence-electron chi connectivity index (χ0n) is 31.7. The lowest BCUT2D eigenvalue weighted by Gasteiger charge is -2.38. The summed E-state index contributed by atoms with van der Waals surface area (Å²) in [6.07, 6.45) is 1.32. The molecule has 0 radical (unpaired) electrons. The number of amides is 7. The van der Waals surface area contributed by atoms with Crippen molar-refractivity contribution < 1.29 is 33.6 Å². The first-order chi connectivity index (χ1) is 23.8. The van der Waals surface area contributed by atoms with Crippen molar-refractivity contribution in [2.45, 2.75) is 105 Å². The highest BCUT2D eigenvalue weighted by Crippen LogP contribution is 2.65. The third kappa shape index (κ3) is 9.85. The normalized spacial score (nSPS) is 21.1. The number of Topliss-reactive ketones (excluding diaryl/α,β-unsaturated/α-hetero) is 1. The van der Waals surface area contributed by atoms with E-state index < -0.39 is 71.6 Å². The van der Waals surface area contributed by atoms with E-state index in [0.29, 0.717) is 24.9 Å². The van der Waals surface area contributed by atoms with Crippen molar-refractivity contribution in [3.8, 4) is 0 Å². The molecular weight excluding hydrogens is 654 g/mol. The number of piperidine rings is 1. The molecule has 282 valence electrons. The molecule has 5 N–H and O–H groups in total. The minimum atomic E-state index is -1.20. The maximum Gasteiger partial charge on any atom is 0.315 e. The van der Waals surface area contributed by atoms with E-state index in [1.165, 1.54) is 9.80 Å². The molecular formula is C37H57N7O7. The number of urea groups is 1. The van der Waals surface area contributed by atoms with E-state index in [1.54, 1.807) is 51.4 Å². The quantitative estimate of drug-likeness (QED) is 0.172. The van der Waals surface area contributed by atoms with Crippen LogP contribution in [0.15, 0.2) is 30.3 Å². The number of nitrogens with one attached hydrogen (secondary N) is 5. The average molecular weight is 712 g/mol. The minimum absolute atomic E-state index is 0.0491. The van der Waals surface area contributed by atoms with E-state index in [9.17, 15) is 33.6 Å². The lowest BCUT2D eigenvalue weighted by molar-refractivity contribution is -0.145. The average Bonchev–Trinajstić information content (AvgIpc) is 3.37. The van der Waals surface area contributed by atoms with Crippen molar-refractivity contribution in [2.75, 3.05) is 27.2 Å². The van der Waals surface area contributed by atoms with Gasteiger partial charge in [-0.1, -0.05) is 85.2 Å². The maximum absolute atomic E-state index is 14.1. The fourth-order valence-electron chi connectivity index (χ4n) is 6.75. The Labute approximate surface area is 301 Å². The summed E-state index contributed by atoms with van der Waals surface area (Å²) in [5.74, 6) is -4.12. The van der Waals surface area contributed by atoms with Crippen LogP contribution >= 0.6 is 0 Å². The summed E-state index contributed by atoms with van der Waals surface area (Å²) in [5.41, 5.74) is -0.353. The lowest BCUT2D eigenvalue weighted by atomic mass is 9.85. The fourth-order valence-corrected chi connectivity index (χ4v) is 6.75. The van der Waals surface area contributed by atoms with Crippen molar-refractivity contribution in [1.29, 1.82) is 0 Å². The standard InChI is InChI=1S/C37H57N7O7/c1-11-16-24(29(46)32(48)38-19-25(45)41-27(33(49)43(9)10)22-17-14-13-15-18-22)40-31(47)28-26-23(37(26,7)8)20-44(28)34(50)30(36(4,5)6)42-35(51)39-21(3)12-2/h13-15,17-18,21,23-24,26-28,30H,11-12,16,19-20H2,1-10H3,(H,38,48)(H,40,47)(H,41,45)(H2,39,42,51)/t21?,23?,24?,26?,27-,28-,30+/m0/s1. The smallest absolute Gasteiger partial charge is 0.315 e. The Bertz CT molecular complexity index is 1470. The van der Waals surface area contributed by atoms with Crippen LogP contribution in [0.2, 0.25) is 0 Å². The number of ketones is 1. The second kappa shape index (κ2) is 16.7. The van der Waals surface area contributed by atoms with E-state index in [4.69, 9.17) is 0 Å². The predicted molar refractivity (Wildman–Crippen MR) is 192 cm³/mol. The van der Waals surface area contributed by atoms with Gasteiger partial charge in [0.2, 0.25) is 29.4 Å². The second-order valence-electron chi connectivity index (χ2n) is 15.7. The maximum atomic E-state index is 14.1. The van der Waals surface area contributed by atoms with Crippen LogP contribution in [0, 0.1) is 22.7 Å². The molecule has 1 aliphatic carbocycles. The van der Waals surface area contributed by atoms with Crippen molar-refractivity contribution in [3.63, 3.8) is 0 Å². The highest BCUT2D eigenvalue weighted by Gasteiger charge is 2.70. The molecule has 14 heteroatoms. The Kier molecular flexibility index (Phi) is 13.4. The third-order valence-corrected chi connectivity index (χ3v) is 10.1. The van der Waals surface area contributed by atoms with Crippen molar-refractivity contribution in [1.82, 2.24) is 36.4 Å². The van der Waals surface area contributed by atoms with Crippen molar-refractivity contribution in [2.24, 2.45) is 22.7 Å². The fraction of sp³-hybridized carbons (Fsp3) is 0.649. The molecule has 1 saturated heterocycles. The third-order valence-electron chi connectivity index (χ3n) is 10.1. The number of carbonyl (C=O) groups excluding carboxylic acids is 7. The van der Waals surface area contributed by atoms with E-state index in [0.717, 1.165) is 0 Å². The summed E-state index contributed by atoms with van der Waals surface area (Å²) in [6, 6.07) is 4.02. The molecule has 0 aromatic heterocycles. The molecule has 3 rings (SSSR count). The molecule has 14 nitrogen and oxygen atoms in total. The number of likely N-dealkylation sites (tertiary alicyclic amines) is 1. The van der Waals surface area contributed by atoms with E-state index in [-0.39, 0.29) is 35.6 Å². The van der Waals surface area contributed by atoms with Gasteiger partial charge in [-0.05, 0) is 48.0 Å². The first kappa shape index (κ1) is 40.9. The lowest BCUT2D eigenvalue weighted by Crippen LogP contribution is -2.61. The van der Waals surface area contributed by atoms with Gasteiger partial charge in [0, 0.05) is 26.7 Å². The largest absolute Gasteiger partial charge is 0.347 e. The van der Waals surface area contributed by atoms with Crippen LogP contribution in [0.25, 0.3) is 0 Å². The van der Waals surface area contributed by atoms with Gasteiger partial charge in [0.05, 0.1) is 12.6 Å². The molecule has 1 aliphatic heterocycles. The Hall–Kier alpha value is -4.49. The summed E-state index contributed by atoms with van der Waals surface area (Å²) < 4.78 is 0. The molecule has 51 heavy (non-hydrogen) atoms. The number of fused-ring (bicyclic) bond motifs is 1. The van der Waals surface area contributed by atoms with Crippen LogP contribution in [0.4, 0.5) is 4.79 Å². The number of carbonyl (C=O) groups is 7. The van der Waals surface area contributed by atoms with Crippen LogP contribution in [0.1, 0.15) is 86.3 Å². The Balaban J connectivity index is 1.73. The van der Waals surface area contributed by atoms with Gasteiger partial charge < -0.3 is 36.4 Å². The van der Waals surface area contributed by atoms with Gasteiger partial charge in [-0.2, -0.15) is 0 Å². The monoisotopic (exact) mass is 711 g/mol. The van der Waals surface area contributed by atoms with E-state index in [1.807, 2.05) is 48.5 Å². The first-order valence-corrected chi connectivity index (χ1v) is 17.8. The summed E-state index contributed by atoms with van der Waals surface area (Å²) in [7, 11) is 3.12. The zero-order valence-corrected chi connectivity index (χ0v) is 31.7. The number of hydrogen-bond acceptors (Lipinski definition) is 7. The van der Waals surface area contributed by atoms with Gasteiger partial charge >= 0.3 is 6.03 Å². The highest BCUT2D eigenvalue weighted by atomic mass is 16.2. The molecule has 1 aromatic carbocycles. The Morgan fingerprint density at radius 3 is 2.12 bits per heavy atom. The van der Waals surface area contributed by atoms with Crippen LogP contribution in [-0.2, 0) is 28.8 Å². The molecule has 7 atom stereocenters. The topological polar surface area (TPSA) is 186 Å². The zero-order chi connectivity index (χ0) is 38.4. The van der Waals surface area contributed by atoms with Gasteiger partial charge in [-0.25, -0.2) is 4.79 Å². The highest BCUT2D eigenvalue weighted by molar-refractivity contribution is 6.38. The van der Waals surface area contributed by atoms with Crippen LogP contribution in [0.5, 0.6) is 0 Å². The SMILES string of the molecule is CCCC(NC(=O)[C@@H]1C2C(CN1C(=O)[C@@H](NC(=O)NC(C)CC)C(C)(C)C)C2(C)C)C(=O)C(=O)NCC(=O)N[C@H](C(=O)N(C)C)c1ccccc1. The molecule has 4 unspecified atom stereocenters. The summed E-state index contributed by atoms with van der Waals surface area (Å²) in [4.78, 5) is 95.9. The van der Waals surface area contributed by atoms with Crippen molar-refractivity contribution in [3.05, 3.63) is 35.9 Å². The summed E-state index contributed by atoms with van der Waals surface area (Å²) in [6.45, 7) is 14.9. The van der Waals surface area contributed by atoms with Gasteiger partial charge in [0.15, 0.2) is 0 Å². The second-order valence-corrected chi connectivity index (χ2v) is 15.7. The molecule has 1 heterocycles. The van der Waals surface area contributed by atoms with Gasteiger partial charge in [-0.15, -0.1) is 0 Å². The number of rotatable bonds is 15. The number of likely N-dealkylation sites (N-methyl/N-ethyl adjacent to an activating group) is 1. The predicted octanol–water partition coefficient (Wildman–Crippen LogP) is 1.90. The summed E-state index contributed by atoms with van der Waals surface area (Å²) in [5, 5.41) is 13.3. The Morgan fingerprint density at radius 2 is 1.57 bits per heavy atom. The molecule has 2 fully saturated rings. The Morgan fingerprint density at radius 1 is 0.941 bits per heavy atom.